The SMILES string of the molecule is CC(C)CN1CCCC[C@@H]1N(C)c1nc(Oc2cccc3[nH]c(=O)c(N)nc23)cc(-c2ccc(C(F)(F)F)cc2)n1. The third-order valence-corrected chi connectivity index (χ3v) is 7.07. The van der Waals surface area contributed by atoms with Crippen molar-refractivity contribution in [3.8, 4) is 22.9 Å². The second-order valence-corrected chi connectivity index (χ2v) is 10.6. The molecular formula is C29H32F3N7O2. The van der Waals surface area contributed by atoms with E-state index in [2.05, 4.69) is 28.7 Å². The number of hydrogen-bond donors (Lipinski definition) is 2. The Morgan fingerprint density at radius 1 is 1.12 bits per heavy atom. The van der Waals surface area contributed by atoms with Gasteiger partial charge in [0.25, 0.3) is 5.56 Å². The largest absolute Gasteiger partial charge is 0.436 e. The molecule has 1 aliphatic rings. The molecule has 41 heavy (non-hydrogen) atoms. The third kappa shape index (κ3) is 6.27. The number of nitrogens with one attached hydrogen (secondary N) is 1. The van der Waals surface area contributed by atoms with Gasteiger partial charge in [0.15, 0.2) is 11.6 Å². The van der Waals surface area contributed by atoms with Crippen LogP contribution >= 0.6 is 0 Å². The first-order valence-electron chi connectivity index (χ1n) is 13.5. The van der Waals surface area contributed by atoms with Gasteiger partial charge < -0.3 is 20.4 Å². The highest BCUT2D eigenvalue weighted by Crippen LogP contribution is 2.34. The zero-order chi connectivity index (χ0) is 29.3. The van der Waals surface area contributed by atoms with Crippen molar-refractivity contribution in [1.29, 1.82) is 0 Å². The minimum absolute atomic E-state index is 0.0472. The second kappa shape index (κ2) is 11.4. The molecule has 2 aromatic carbocycles. The van der Waals surface area contributed by atoms with E-state index in [0.717, 1.165) is 44.5 Å². The molecule has 4 aromatic rings. The topological polar surface area (TPSA) is 113 Å². The van der Waals surface area contributed by atoms with Crippen LogP contribution in [0.3, 0.4) is 0 Å². The predicted molar refractivity (Wildman–Crippen MR) is 152 cm³/mol. The number of H-pyrrole nitrogens is 1. The van der Waals surface area contributed by atoms with E-state index in [1.807, 2.05) is 11.9 Å². The number of fused-ring (bicyclic) bond motifs is 1. The number of hydrogen-bond acceptors (Lipinski definition) is 8. The van der Waals surface area contributed by atoms with Gasteiger partial charge in [0.05, 0.1) is 22.9 Å². The number of aromatic amines is 1. The van der Waals surface area contributed by atoms with Crippen LogP contribution in [0, 0.1) is 5.92 Å². The number of nitrogens with zero attached hydrogens (tertiary/aromatic N) is 5. The Labute approximate surface area is 235 Å². The smallest absolute Gasteiger partial charge is 0.416 e. The van der Waals surface area contributed by atoms with Crippen LogP contribution in [-0.4, -0.2) is 51.1 Å². The Bertz CT molecular complexity index is 1590. The summed E-state index contributed by atoms with van der Waals surface area (Å²) in [6.45, 7) is 6.23. The number of para-hydroxylation sites is 1. The van der Waals surface area contributed by atoms with Crippen LogP contribution < -0.4 is 20.9 Å². The summed E-state index contributed by atoms with van der Waals surface area (Å²) < 4.78 is 45.8. The number of ether oxygens (including phenoxy) is 1. The minimum atomic E-state index is -4.45. The van der Waals surface area contributed by atoms with Gasteiger partial charge >= 0.3 is 6.18 Å². The van der Waals surface area contributed by atoms with Gasteiger partial charge in [-0.3, -0.25) is 9.69 Å². The van der Waals surface area contributed by atoms with Crippen molar-refractivity contribution in [3.05, 3.63) is 64.4 Å². The van der Waals surface area contributed by atoms with Crippen LogP contribution in [0.15, 0.2) is 53.3 Å². The molecule has 3 N–H and O–H groups in total. The lowest BCUT2D eigenvalue weighted by Gasteiger charge is -2.41. The van der Waals surface area contributed by atoms with Gasteiger partial charge in [-0.1, -0.05) is 32.0 Å². The fraction of sp³-hybridized carbons (Fsp3) is 0.379. The summed E-state index contributed by atoms with van der Waals surface area (Å²) in [6, 6.07) is 11.4. The first-order chi connectivity index (χ1) is 19.5. The summed E-state index contributed by atoms with van der Waals surface area (Å²) in [6.07, 6.45) is -1.31. The maximum absolute atomic E-state index is 13.2. The summed E-state index contributed by atoms with van der Waals surface area (Å²) in [7, 11) is 1.92. The van der Waals surface area contributed by atoms with Crippen molar-refractivity contribution >= 4 is 22.8 Å². The Balaban J connectivity index is 1.58. The highest BCUT2D eigenvalue weighted by atomic mass is 19.4. The number of alkyl halides is 3. The molecule has 0 saturated carbocycles. The van der Waals surface area contributed by atoms with E-state index in [0.29, 0.717) is 39.9 Å². The highest BCUT2D eigenvalue weighted by molar-refractivity contribution is 5.82. The van der Waals surface area contributed by atoms with Crippen molar-refractivity contribution in [3.63, 3.8) is 0 Å². The average molecular weight is 568 g/mol. The molecule has 2 aromatic heterocycles. The highest BCUT2D eigenvalue weighted by Gasteiger charge is 2.31. The number of anilines is 2. The molecule has 1 aliphatic heterocycles. The molecule has 216 valence electrons. The van der Waals surface area contributed by atoms with Crippen molar-refractivity contribution in [2.45, 2.75) is 45.5 Å². The summed E-state index contributed by atoms with van der Waals surface area (Å²) >= 11 is 0. The number of halogens is 3. The minimum Gasteiger partial charge on any atom is -0.436 e. The lowest BCUT2D eigenvalue weighted by Crippen LogP contribution is -2.51. The first kappa shape index (κ1) is 28.3. The van der Waals surface area contributed by atoms with Crippen LogP contribution in [0.25, 0.3) is 22.3 Å². The van der Waals surface area contributed by atoms with Gasteiger partial charge in [0.2, 0.25) is 11.8 Å². The van der Waals surface area contributed by atoms with Gasteiger partial charge in [-0.25, -0.2) is 9.97 Å². The number of aromatic nitrogens is 4. The van der Waals surface area contributed by atoms with Crippen LogP contribution in [0.5, 0.6) is 11.6 Å². The third-order valence-electron chi connectivity index (χ3n) is 7.07. The normalized spacial score (nSPS) is 16.3. The van der Waals surface area contributed by atoms with Crippen LogP contribution in [0.1, 0.15) is 38.7 Å². The number of benzene rings is 2. The van der Waals surface area contributed by atoms with Crippen LogP contribution in [0.4, 0.5) is 24.9 Å². The molecule has 0 bridgehead atoms. The zero-order valence-electron chi connectivity index (χ0n) is 23.1. The van der Waals surface area contributed by atoms with Crippen molar-refractivity contribution in [1.82, 2.24) is 24.8 Å². The van der Waals surface area contributed by atoms with Crippen molar-refractivity contribution in [2.75, 3.05) is 30.8 Å². The Morgan fingerprint density at radius 2 is 1.88 bits per heavy atom. The lowest BCUT2D eigenvalue weighted by atomic mass is 10.0. The Kier molecular flexibility index (Phi) is 7.85. The molecule has 0 unspecified atom stereocenters. The fourth-order valence-electron chi connectivity index (χ4n) is 5.12. The second-order valence-electron chi connectivity index (χ2n) is 10.6. The first-order valence-corrected chi connectivity index (χ1v) is 13.5. The van der Waals surface area contributed by atoms with Gasteiger partial charge in [0, 0.05) is 31.8 Å². The quantitative estimate of drug-likeness (QED) is 0.293. The van der Waals surface area contributed by atoms with Crippen molar-refractivity contribution in [2.24, 2.45) is 5.92 Å². The van der Waals surface area contributed by atoms with E-state index in [4.69, 9.17) is 20.4 Å². The number of piperidine rings is 1. The molecule has 1 atom stereocenters. The molecule has 1 saturated heterocycles. The molecular weight excluding hydrogens is 535 g/mol. The van der Waals surface area contributed by atoms with Gasteiger partial charge in [-0.2, -0.15) is 18.2 Å². The monoisotopic (exact) mass is 567 g/mol. The van der Waals surface area contributed by atoms with E-state index >= 15 is 0 Å². The Hall–Kier alpha value is -4.19. The van der Waals surface area contributed by atoms with Crippen molar-refractivity contribution < 1.29 is 17.9 Å². The number of nitrogens with two attached hydrogens (primary N) is 1. The van der Waals surface area contributed by atoms with E-state index in [-0.39, 0.29) is 17.9 Å². The maximum Gasteiger partial charge on any atom is 0.416 e. The average Bonchev–Trinajstić information content (AvgIpc) is 2.93. The molecule has 0 aliphatic carbocycles. The molecule has 0 amide bonds. The standard InChI is InChI=1S/C29H32F3N7O2/c1-17(2)16-39-14-5-4-9-24(39)38(3)28-35-21(18-10-12-19(13-11-18)29(30,31)32)15-23(36-28)41-22-8-6-7-20-25(22)37-26(33)27(40)34-20/h6-8,10-13,15,17,24H,4-5,9,14,16H2,1-3H3,(H2,33,37)(H,34,40)/t24-/m1/s1. The van der Waals surface area contributed by atoms with E-state index in [1.54, 1.807) is 24.3 Å². The molecule has 3 heterocycles. The van der Waals surface area contributed by atoms with E-state index in [1.165, 1.54) is 12.1 Å². The van der Waals surface area contributed by atoms with E-state index in [9.17, 15) is 18.0 Å². The van der Waals surface area contributed by atoms with Gasteiger partial charge in [-0.05, 0) is 49.4 Å². The molecule has 9 nitrogen and oxygen atoms in total. The van der Waals surface area contributed by atoms with E-state index < -0.39 is 17.3 Å². The summed E-state index contributed by atoms with van der Waals surface area (Å²) in [4.78, 5) is 32.7. The molecule has 0 radical (unpaired) electrons. The zero-order valence-corrected chi connectivity index (χ0v) is 23.1. The van der Waals surface area contributed by atoms with Crippen LogP contribution in [-0.2, 0) is 6.18 Å². The molecule has 12 heteroatoms. The number of likely N-dealkylation sites (tertiary alicyclic amines) is 1. The maximum atomic E-state index is 13.2. The number of nitrogen functional groups attached to an aromatic ring is 1. The summed E-state index contributed by atoms with van der Waals surface area (Å²) in [5, 5.41) is 0. The van der Waals surface area contributed by atoms with Gasteiger partial charge in [0.1, 0.15) is 5.52 Å². The molecule has 1 fully saturated rings. The molecule has 0 spiro atoms. The Morgan fingerprint density at radius 3 is 2.59 bits per heavy atom. The van der Waals surface area contributed by atoms with Gasteiger partial charge in [-0.15, -0.1) is 0 Å². The van der Waals surface area contributed by atoms with Crippen LogP contribution in [0.2, 0.25) is 0 Å². The predicted octanol–water partition coefficient (Wildman–Crippen LogP) is 5.68. The summed E-state index contributed by atoms with van der Waals surface area (Å²) in [5.41, 5.74) is 6.15. The molecule has 5 rings (SSSR count). The fourth-order valence-corrected chi connectivity index (χ4v) is 5.12. The summed E-state index contributed by atoms with van der Waals surface area (Å²) in [5.74, 6) is 1.11. The number of rotatable bonds is 7. The lowest BCUT2D eigenvalue weighted by molar-refractivity contribution is -0.137.